The number of hydrogen-bond donors (Lipinski definition) is 2. The largest absolute Gasteiger partial charge is 0.378 e. The summed E-state index contributed by atoms with van der Waals surface area (Å²) in [7, 11) is 0. The molecule has 0 unspecified atom stereocenters. The van der Waals surface area contributed by atoms with Crippen molar-refractivity contribution in [3.8, 4) is 0 Å². The minimum Gasteiger partial charge on any atom is -0.378 e. The fourth-order valence-electron chi connectivity index (χ4n) is 2.04. The quantitative estimate of drug-likeness (QED) is 0.777. The van der Waals surface area contributed by atoms with Crippen LogP contribution in [0.3, 0.4) is 0 Å². The van der Waals surface area contributed by atoms with Gasteiger partial charge in [0.25, 0.3) is 5.56 Å². The first-order valence-corrected chi connectivity index (χ1v) is 7.29. The molecule has 0 radical (unpaired) electrons. The Hall–Kier alpha value is -2.14. The molecule has 2 N–H and O–H groups in total. The van der Waals surface area contributed by atoms with E-state index in [1.165, 1.54) is 22.5 Å². The van der Waals surface area contributed by atoms with Crippen molar-refractivity contribution in [3.63, 3.8) is 0 Å². The summed E-state index contributed by atoms with van der Waals surface area (Å²) in [5.74, 6) is 0.652. The van der Waals surface area contributed by atoms with Crippen LogP contribution in [0.1, 0.15) is 17.0 Å². The van der Waals surface area contributed by atoms with Crippen LogP contribution in [0.25, 0.3) is 10.2 Å². The number of thiophene rings is 1. The van der Waals surface area contributed by atoms with Gasteiger partial charge in [0.05, 0.1) is 12.1 Å². The zero-order valence-corrected chi connectivity index (χ0v) is 12.2. The third-order valence-corrected chi connectivity index (χ3v) is 4.23. The molecule has 102 valence electrons. The summed E-state index contributed by atoms with van der Waals surface area (Å²) in [6, 6.07) is 8.07. The molecule has 2 heterocycles. The molecule has 5 heteroatoms. The van der Waals surface area contributed by atoms with Gasteiger partial charge in [0.2, 0.25) is 0 Å². The average Bonchev–Trinajstić information content (AvgIpc) is 2.89. The minimum atomic E-state index is -0.0677. The maximum Gasteiger partial charge on any atom is 0.268 e. The average molecular weight is 285 g/mol. The van der Waals surface area contributed by atoms with Gasteiger partial charge in [0.1, 0.15) is 10.5 Å². The van der Waals surface area contributed by atoms with E-state index in [2.05, 4.69) is 41.3 Å². The fraction of sp³-hybridized carbons (Fsp3) is 0.200. The third kappa shape index (κ3) is 2.44. The first kappa shape index (κ1) is 12.9. The molecule has 0 saturated carbocycles. The van der Waals surface area contributed by atoms with Gasteiger partial charge >= 0.3 is 0 Å². The number of aryl methyl sites for hydroxylation is 2. The highest BCUT2D eigenvalue weighted by atomic mass is 32.1. The second-order valence-electron chi connectivity index (χ2n) is 4.80. The number of H-pyrrole nitrogens is 1. The number of rotatable bonds is 3. The predicted octanol–water partition coefficient (Wildman–Crippen LogP) is 3.21. The van der Waals surface area contributed by atoms with Gasteiger partial charge in [0.15, 0.2) is 0 Å². The summed E-state index contributed by atoms with van der Waals surface area (Å²) in [6.07, 6.45) is 0. The molecule has 2 aromatic heterocycles. The van der Waals surface area contributed by atoms with Crippen molar-refractivity contribution in [1.29, 1.82) is 0 Å². The standard InChI is InChI=1S/C15H15N3OS/c1-9-3-4-11(7-10(9)2)16-8-13-17-12-5-6-20-14(12)15(19)18-13/h3-7,16H,8H2,1-2H3,(H,17,18,19). The maximum atomic E-state index is 11.9. The van der Waals surface area contributed by atoms with Crippen LogP contribution in [0, 0.1) is 13.8 Å². The van der Waals surface area contributed by atoms with Gasteiger partial charge in [-0.25, -0.2) is 4.98 Å². The molecule has 0 spiro atoms. The van der Waals surface area contributed by atoms with Crippen LogP contribution >= 0.6 is 11.3 Å². The fourth-order valence-corrected chi connectivity index (χ4v) is 2.77. The van der Waals surface area contributed by atoms with Gasteiger partial charge in [0, 0.05) is 5.69 Å². The molecule has 4 nitrogen and oxygen atoms in total. The van der Waals surface area contributed by atoms with E-state index in [-0.39, 0.29) is 5.56 Å². The van der Waals surface area contributed by atoms with E-state index >= 15 is 0 Å². The lowest BCUT2D eigenvalue weighted by atomic mass is 10.1. The normalized spacial score (nSPS) is 10.9. The highest BCUT2D eigenvalue weighted by Crippen LogP contribution is 2.16. The van der Waals surface area contributed by atoms with E-state index in [1.807, 2.05) is 17.5 Å². The minimum absolute atomic E-state index is 0.0677. The van der Waals surface area contributed by atoms with Crippen LogP contribution < -0.4 is 10.9 Å². The molecule has 0 bridgehead atoms. The Labute approximate surface area is 120 Å². The zero-order chi connectivity index (χ0) is 14.1. The van der Waals surface area contributed by atoms with Crippen molar-refractivity contribution in [2.75, 3.05) is 5.32 Å². The van der Waals surface area contributed by atoms with E-state index in [4.69, 9.17) is 0 Å². The molecule has 1 aromatic carbocycles. The Balaban J connectivity index is 1.82. The number of aromatic nitrogens is 2. The number of aromatic amines is 1. The smallest absolute Gasteiger partial charge is 0.268 e. The van der Waals surface area contributed by atoms with Crippen LogP contribution in [0.2, 0.25) is 0 Å². The molecule has 0 aliphatic carbocycles. The Kier molecular flexibility index (Phi) is 3.28. The van der Waals surface area contributed by atoms with E-state index in [1.54, 1.807) is 0 Å². The van der Waals surface area contributed by atoms with Gasteiger partial charge in [-0.15, -0.1) is 11.3 Å². The number of anilines is 1. The number of nitrogens with one attached hydrogen (secondary N) is 2. The van der Waals surface area contributed by atoms with Gasteiger partial charge in [-0.1, -0.05) is 6.07 Å². The summed E-state index contributed by atoms with van der Waals surface area (Å²) in [5, 5.41) is 5.17. The second-order valence-corrected chi connectivity index (χ2v) is 5.72. The third-order valence-electron chi connectivity index (χ3n) is 3.33. The lowest BCUT2D eigenvalue weighted by Gasteiger charge is -2.08. The van der Waals surface area contributed by atoms with Crippen molar-refractivity contribution >= 4 is 27.2 Å². The summed E-state index contributed by atoms with van der Waals surface area (Å²) in [6.45, 7) is 4.67. The van der Waals surface area contributed by atoms with E-state index in [9.17, 15) is 4.79 Å². The summed E-state index contributed by atoms with van der Waals surface area (Å²) < 4.78 is 0.680. The molecule has 0 amide bonds. The molecular formula is C15H15N3OS. The van der Waals surface area contributed by atoms with Gasteiger partial charge in [-0.3, -0.25) is 4.79 Å². The van der Waals surface area contributed by atoms with Gasteiger partial charge in [-0.05, 0) is 48.6 Å². The number of benzene rings is 1. The topological polar surface area (TPSA) is 57.8 Å². The lowest BCUT2D eigenvalue weighted by molar-refractivity contribution is 0.955. The summed E-state index contributed by atoms with van der Waals surface area (Å²) in [4.78, 5) is 19.1. The molecule has 20 heavy (non-hydrogen) atoms. The molecule has 0 aliphatic heterocycles. The maximum absolute atomic E-state index is 11.9. The Morgan fingerprint density at radius 1 is 1.25 bits per heavy atom. The van der Waals surface area contributed by atoms with Crippen molar-refractivity contribution < 1.29 is 0 Å². The first-order valence-electron chi connectivity index (χ1n) is 6.41. The molecule has 0 saturated heterocycles. The molecular weight excluding hydrogens is 270 g/mol. The van der Waals surface area contributed by atoms with Crippen LogP contribution in [0.4, 0.5) is 5.69 Å². The molecule has 3 rings (SSSR count). The van der Waals surface area contributed by atoms with Crippen molar-refractivity contribution in [1.82, 2.24) is 9.97 Å². The Bertz CT molecular complexity index is 819. The van der Waals surface area contributed by atoms with Gasteiger partial charge < -0.3 is 10.3 Å². The van der Waals surface area contributed by atoms with E-state index in [0.29, 0.717) is 17.1 Å². The highest BCUT2D eigenvalue weighted by Gasteiger charge is 2.05. The Morgan fingerprint density at radius 2 is 2.10 bits per heavy atom. The van der Waals surface area contributed by atoms with Crippen molar-refractivity contribution in [2.24, 2.45) is 0 Å². The second kappa shape index (κ2) is 5.09. The summed E-state index contributed by atoms with van der Waals surface area (Å²) >= 11 is 1.41. The van der Waals surface area contributed by atoms with Crippen LogP contribution in [-0.2, 0) is 6.54 Å². The van der Waals surface area contributed by atoms with Crippen LogP contribution in [-0.4, -0.2) is 9.97 Å². The first-order chi connectivity index (χ1) is 9.63. The molecule has 0 aliphatic rings. The molecule has 3 aromatic rings. The molecule has 0 fully saturated rings. The summed E-state index contributed by atoms with van der Waals surface area (Å²) in [5.41, 5.74) is 4.23. The SMILES string of the molecule is Cc1ccc(NCc2nc3ccsc3c(=O)[nH]2)cc1C. The van der Waals surface area contributed by atoms with Gasteiger partial charge in [-0.2, -0.15) is 0 Å². The number of fused-ring (bicyclic) bond motifs is 1. The van der Waals surface area contributed by atoms with Crippen molar-refractivity contribution in [2.45, 2.75) is 20.4 Å². The highest BCUT2D eigenvalue weighted by molar-refractivity contribution is 7.17. The zero-order valence-electron chi connectivity index (χ0n) is 11.4. The monoisotopic (exact) mass is 285 g/mol. The number of nitrogens with zero attached hydrogens (tertiary/aromatic N) is 1. The van der Waals surface area contributed by atoms with E-state index in [0.717, 1.165) is 11.2 Å². The number of hydrogen-bond acceptors (Lipinski definition) is 4. The lowest BCUT2D eigenvalue weighted by Crippen LogP contribution is -2.13. The van der Waals surface area contributed by atoms with Crippen LogP contribution in [0.15, 0.2) is 34.4 Å². The van der Waals surface area contributed by atoms with Crippen LogP contribution in [0.5, 0.6) is 0 Å². The molecule has 0 atom stereocenters. The predicted molar refractivity (Wildman–Crippen MR) is 83.5 cm³/mol. The van der Waals surface area contributed by atoms with Crippen molar-refractivity contribution in [3.05, 3.63) is 57.0 Å². The Morgan fingerprint density at radius 3 is 2.90 bits per heavy atom. The van der Waals surface area contributed by atoms with E-state index < -0.39 is 0 Å².